The molecule has 1 heterocycles. The van der Waals surface area contributed by atoms with Gasteiger partial charge in [0.05, 0.1) is 0 Å². The highest BCUT2D eigenvalue weighted by atomic mass is 16.3. The maximum Gasteiger partial charge on any atom is 0.136 e. The summed E-state index contributed by atoms with van der Waals surface area (Å²) in [5.41, 5.74) is 4.65. The molecule has 0 saturated carbocycles. The number of hydrogen-bond donors (Lipinski definition) is 0. The molecule has 0 aliphatic rings. The Morgan fingerprint density at radius 1 is 1.08 bits per heavy atom. The first kappa shape index (κ1) is 16.0. The second kappa shape index (κ2) is 7.14. The van der Waals surface area contributed by atoms with Crippen molar-refractivity contribution in [1.82, 2.24) is 0 Å². The zero-order chi connectivity index (χ0) is 16.9. The molecule has 1 aromatic heterocycles. The van der Waals surface area contributed by atoms with Gasteiger partial charge in [0.25, 0.3) is 0 Å². The molecular weight excluding hydrogens is 294 g/mol. The number of nitrogens with zero attached hydrogens (tertiary/aromatic N) is 1. The number of allylic oxidation sites excluding steroid dienone is 4. The first-order valence-electron chi connectivity index (χ1n) is 8.11. The van der Waals surface area contributed by atoms with Gasteiger partial charge in [-0.3, -0.25) is 4.99 Å². The van der Waals surface area contributed by atoms with E-state index in [1.54, 1.807) is 0 Å². The average molecular weight is 315 g/mol. The van der Waals surface area contributed by atoms with Gasteiger partial charge in [-0.05, 0) is 37.6 Å². The summed E-state index contributed by atoms with van der Waals surface area (Å²) in [7, 11) is 0. The van der Waals surface area contributed by atoms with E-state index in [0.717, 1.165) is 45.3 Å². The van der Waals surface area contributed by atoms with Crippen LogP contribution in [0.1, 0.15) is 25.8 Å². The lowest BCUT2D eigenvalue weighted by atomic mass is 10.1. The summed E-state index contributed by atoms with van der Waals surface area (Å²) in [4.78, 5) is 4.61. The van der Waals surface area contributed by atoms with Crippen molar-refractivity contribution < 1.29 is 4.42 Å². The molecule has 120 valence electrons. The number of hydrogen-bond acceptors (Lipinski definition) is 2. The molecule has 0 bridgehead atoms. The number of fused-ring (bicyclic) bond motifs is 3. The van der Waals surface area contributed by atoms with Gasteiger partial charge >= 0.3 is 0 Å². The van der Waals surface area contributed by atoms with E-state index in [-0.39, 0.29) is 0 Å². The highest BCUT2D eigenvalue weighted by Crippen LogP contribution is 2.29. The summed E-state index contributed by atoms with van der Waals surface area (Å²) in [5, 5.41) is 2.28. The fraction of sp³-hybridized carbons (Fsp3) is 0.136. The molecule has 0 fully saturated rings. The predicted octanol–water partition coefficient (Wildman–Crippen LogP) is 6.43. The smallest absolute Gasteiger partial charge is 0.136 e. The van der Waals surface area contributed by atoms with E-state index in [9.17, 15) is 0 Å². The Kier molecular flexibility index (Phi) is 4.76. The third kappa shape index (κ3) is 3.38. The minimum atomic E-state index is 0.745. The van der Waals surface area contributed by atoms with Gasteiger partial charge in [0, 0.05) is 28.6 Å². The topological polar surface area (TPSA) is 25.5 Å². The van der Waals surface area contributed by atoms with Crippen molar-refractivity contribution in [2.24, 2.45) is 4.99 Å². The van der Waals surface area contributed by atoms with Gasteiger partial charge in [0.1, 0.15) is 11.2 Å². The van der Waals surface area contributed by atoms with Gasteiger partial charge in [0.15, 0.2) is 0 Å². The molecule has 0 unspecified atom stereocenters. The third-order valence-electron chi connectivity index (χ3n) is 3.92. The number of para-hydroxylation sites is 1. The lowest BCUT2D eigenvalue weighted by molar-refractivity contribution is 0.669. The van der Waals surface area contributed by atoms with Gasteiger partial charge in [-0.1, -0.05) is 55.1 Å². The SMILES string of the molecule is C=C(C/C=C\C=C/C)/N=C(\C)c1ccc2c(c1)oc1ccccc12. The fourth-order valence-electron chi connectivity index (χ4n) is 2.69. The van der Waals surface area contributed by atoms with Crippen molar-refractivity contribution in [3.05, 3.63) is 84.6 Å². The van der Waals surface area contributed by atoms with E-state index in [4.69, 9.17) is 4.42 Å². The Bertz CT molecular complexity index is 970. The molecule has 0 spiro atoms. The van der Waals surface area contributed by atoms with Crippen LogP contribution in [0.3, 0.4) is 0 Å². The van der Waals surface area contributed by atoms with Crippen molar-refractivity contribution in [1.29, 1.82) is 0 Å². The van der Waals surface area contributed by atoms with Gasteiger partial charge in [0.2, 0.25) is 0 Å². The minimum Gasteiger partial charge on any atom is -0.456 e. The van der Waals surface area contributed by atoms with Crippen LogP contribution in [-0.2, 0) is 0 Å². The fourth-order valence-corrected chi connectivity index (χ4v) is 2.69. The summed E-state index contributed by atoms with van der Waals surface area (Å²) in [6, 6.07) is 14.3. The Morgan fingerprint density at radius 3 is 2.71 bits per heavy atom. The van der Waals surface area contributed by atoms with E-state index in [1.165, 1.54) is 0 Å². The van der Waals surface area contributed by atoms with E-state index < -0.39 is 0 Å². The Hall–Kier alpha value is -2.87. The largest absolute Gasteiger partial charge is 0.456 e. The van der Waals surface area contributed by atoms with Crippen LogP contribution < -0.4 is 0 Å². The molecule has 0 N–H and O–H groups in total. The van der Waals surface area contributed by atoms with Crippen molar-refractivity contribution in [2.45, 2.75) is 20.3 Å². The number of benzene rings is 2. The van der Waals surface area contributed by atoms with Crippen LogP contribution in [-0.4, -0.2) is 5.71 Å². The molecule has 2 nitrogen and oxygen atoms in total. The molecule has 0 atom stereocenters. The number of furan rings is 1. The van der Waals surface area contributed by atoms with Crippen LogP contribution in [0.5, 0.6) is 0 Å². The van der Waals surface area contributed by atoms with E-state index in [0.29, 0.717) is 0 Å². The van der Waals surface area contributed by atoms with Crippen LogP contribution >= 0.6 is 0 Å². The summed E-state index contributed by atoms with van der Waals surface area (Å²) >= 11 is 0. The van der Waals surface area contributed by atoms with Crippen LogP contribution in [0.15, 0.2) is 88.5 Å². The predicted molar refractivity (Wildman–Crippen MR) is 104 cm³/mol. The first-order chi connectivity index (χ1) is 11.7. The van der Waals surface area contributed by atoms with Gasteiger partial charge in [-0.2, -0.15) is 0 Å². The molecule has 3 aromatic rings. The molecule has 2 heteroatoms. The van der Waals surface area contributed by atoms with E-state index in [1.807, 2.05) is 50.3 Å². The van der Waals surface area contributed by atoms with E-state index >= 15 is 0 Å². The molecule has 0 aliphatic heterocycles. The molecule has 3 rings (SSSR count). The van der Waals surface area contributed by atoms with Crippen LogP contribution in [0, 0.1) is 0 Å². The maximum atomic E-state index is 5.94. The first-order valence-corrected chi connectivity index (χ1v) is 8.11. The van der Waals surface area contributed by atoms with Crippen molar-refractivity contribution >= 4 is 27.7 Å². The molecular formula is C22H21NO. The summed E-state index contributed by atoms with van der Waals surface area (Å²) < 4.78 is 5.94. The molecule has 2 aromatic carbocycles. The van der Waals surface area contributed by atoms with Crippen LogP contribution in [0.2, 0.25) is 0 Å². The van der Waals surface area contributed by atoms with Gasteiger partial charge in [-0.25, -0.2) is 0 Å². The standard InChI is InChI=1S/C22H21NO/c1-4-5-6-7-10-16(2)23-17(3)18-13-14-20-19-11-8-9-12-21(19)24-22(20)15-18/h4-9,11-15H,2,10H2,1,3H3/b5-4-,7-6-,23-17+. The van der Waals surface area contributed by atoms with Gasteiger partial charge in [-0.15, -0.1) is 0 Å². The molecule has 0 radical (unpaired) electrons. The molecule has 0 amide bonds. The Morgan fingerprint density at radius 2 is 1.88 bits per heavy atom. The zero-order valence-corrected chi connectivity index (χ0v) is 14.1. The molecule has 0 saturated heterocycles. The lowest BCUT2D eigenvalue weighted by Gasteiger charge is -2.02. The maximum absolute atomic E-state index is 5.94. The normalized spacial score (nSPS) is 12.8. The highest BCUT2D eigenvalue weighted by Gasteiger charge is 2.08. The summed E-state index contributed by atoms with van der Waals surface area (Å²) in [5.74, 6) is 0. The van der Waals surface area contributed by atoms with Crippen LogP contribution in [0.25, 0.3) is 21.9 Å². The Balaban J connectivity index is 1.87. The quantitative estimate of drug-likeness (QED) is 0.393. The average Bonchev–Trinajstić information content (AvgIpc) is 2.96. The molecule has 24 heavy (non-hydrogen) atoms. The van der Waals surface area contributed by atoms with Gasteiger partial charge < -0.3 is 4.42 Å². The van der Waals surface area contributed by atoms with E-state index in [2.05, 4.69) is 41.9 Å². The number of aliphatic imine (C=N–C) groups is 1. The molecule has 0 aliphatic carbocycles. The second-order valence-electron chi connectivity index (χ2n) is 5.73. The zero-order valence-electron chi connectivity index (χ0n) is 14.1. The lowest BCUT2D eigenvalue weighted by Crippen LogP contribution is -1.94. The second-order valence-corrected chi connectivity index (χ2v) is 5.73. The summed E-state index contributed by atoms with van der Waals surface area (Å²) in [6.45, 7) is 8.03. The van der Waals surface area contributed by atoms with Crippen molar-refractivity contribution in [2.75, 3.05) is 0 Å². The monoisotopic (exact) mass is 315 g/mol. The van der Waals surface area contributed by atoms with Crippen molar-refractivity contribution in [3.8, 4) is 0 Å². The minimum absolute atomic E-state index is 0.745. The third-order valence-corrected chi connectivity index (χ3v) is 3.92. The Labute approximate surface area is 142 Å². The van der Waals surface area contributed by atoms with Crippen molar-refractivity contribution in [3.63, 3.8) is 0 Å². The highest BCUT2D eigenvalue weighted by molar-refractivity contribution is 6.08. The van der Waals surface area contributed by atoms with Crippen LogP contribution in [0.4, 0.5) is 0 Å². The number of rotatable bonds is 5. The summed E-state index contributed by atoms with van der Waals surface area (Å²) in [6.07, 6.45) is 8.81.